The van der Waals surface area contributed by atoms with Crippen molar-refractivity contribution in [2.24, 2.45) is 0 Å². The first-order valence-electron chi connectivity index (χ1n) is 5.68. The summed E-state index contributed by atoms with van der Waals surface area (Å²) in [5.74, 6) is -0.797. The van der Waals surface area contributed by atoms with Crippen LogP contribution in [-0.2, 0) is 0 Å². The van der Waals surface area contributed by atoms with E-state index in [2.05, 4.69) is 10.6 Å². The van der Waals surface area contributed by atoms with Gasteiger partial charge in [0.25, 0.3) is 0 Å². The molecular weight excluding hydrogens is 210 g/mol. The molecule has 88 valence electrons. The van der Waals surface area contributed by atoms with Crippen molar-refractivity contribution < 1.29 is 8.78 Å². The van der Waals surface area contributed by atoms with Crippen LogP contribution < -0.4 is 10.6 Å². The second-order valence-corrected chi connectivity index (χ2v) is 4.15. The molecule has 1 saturated heterocycles. The van der Waals surface area contributed by atoms with Crippen molar-refractivity contribution in [3.05, 3.63) is 29.8 Å². The molecule has 0 aromatic heterocycles. The van der Waals surface area contributed by atoms with Gasteiger partial charge in [0, 0.05) is 6.04 Å². The minimum atomic E-state index is -0.407. The summed E-state index contributed by atoms with van der Waals surface area (Å²) in [6, 6.07) is 3.74. The molecule has 0 spiro atoms. The number of hydrogen-bond donors (Lipinski definition) is 2. The van der Waals surface area contributed by atoms with Gasteiger partial charge in [-0.2, -0.15) is 0 Å². The van der Waals surface area contributed by atoms with Crippen LogP contribution in [0.2, 0.25) is 0 Å². The summed E-state index contributed by atoms with van der Waals surface area (Å²) >= 11 is 0. The molecule has 1 heterocycles. The van der Waals surface area contributed by atoms with Crippen molar-refractivity contribution in [2.45, 2.75) is 25.3 Å². The molecule has 0 aliphatic carbocycles. The molecule has 2 N–H and O–H groups in total. The minimum absolute atomic E-state index is 0.228. The molecule has 0 bridgehead atoms. The van der Waals surface area contributed by atoms with Gasteiger partial charge in [-0.25, -0.2) is 8.78 Å². The lowest BCUT2D eigenvalue weighted by atomic mass is 10.1. The van der Waals surface area contributed by atoms with E-state index < -0.39 is 11.6 Å². The molecule has 1 atom stereocenters. The van der Waals surface area contributed by atoms with Crippen molar-refractivity contribution in [1.82, 2.24) is 5.32 Å². The third kappa shape index (κ3) is 2.92. The molecule has 0 radical (unpaired) electrons. The van der Waals surface area contributed by atoms with E-state index in [4.69, 9.17) is 0 Å². The van der Waals surface area contributed by atoms with Gasteiger partial charge in [0.2, 0.25) is 0 Å². The van der Waals surface area contributed by atoms with Crippen molar-refractivity contribution in [3.8, 4) is 0 Å². The number of halogens is 2. The zero-order valence-corrected chi connectivity index (χ0v) is 9.10. The molecule has 4 heteroatoms. The Bertz CT molecular complexity index is 347. The fourth-order valence-corrected chi connectivity index (χ4v) is 1.99. The highest BCUT2D eigenvalue weighted by Crippen LogP contribution is 2.19. The van der Waals surface area contributed by atoms with E-state index in [0.29, 0.717) is 0 Å². The Morgan fingerprint density at radius 2 is 2.06 bits per heavy atom. The number of anilines is 1. The predicted molar refractivity (Wildman–Crippen MR) is 60.5 cm³/mol. The fourth-order valence-electron chi connectivity index (χ4n) is 1.99. The van der Waals surface area contributed by atoms with Crippen molar-refractivity contribution >= 4 is 5.69 Å². The summed E-state index contributed by atoms with van der Waals surface area (Å²) in [7, 11) is 0. The normalized spacial score (nSPS) is 21.5. The Morgan fingerprint density at radius 1 is 1.19 bits per heavy atom. The molecule has 1 aliphatic rings. The second kappa shape index (κ2) is 5.25. The monoisotopic (exact) mass is 226 g/mol. The average molecular weight is 226 g/mol. The molecule has 0 amide bonds. The van der Waals surface area contributed by atoms with E-state index in [1.165, 1.54) is 6.07 Å². The van der Waals surface area contributed by atoms with Crippen LogP contribution in [0.3, 0.4) is 0 Å². The maximum Gasteiger partial charge on any atom is 0.146 e. The highest BCUT2D eigenvalue weighted by atomic mass is 19.1. The number of nitrogens with one attached hydrogen (secondary N) is 2. The van der Waals surface area contributed by atoms with E-state index in [1.807, 2.05) is 0 Å². The number of benzene rings is 1. The van der Waals surface area contributed by atoms with Crippen LogP contribution in [0.5, 0.6) is 0 Å². The molecular formula is C12H16F2N2. The van der Waals surface area contributed by atoms with Gasteiger partial charge in [-0.3, -0.25) is 0 Å². The summed E-state index contributed by atoms with van der Waals surface area (Å²) in [5.41, 5.74) is 0.270. The summed E-state index contributed by atoms with van der Waals surface area (Å²) in [6.07, 6.45) is 2.99. The molecule has 2 nitrogen and oxygen atoms in total. The lowest BCUT2D eigenvalue weighted by Crippen LogP contribution is -2.22. The SMILES string of the molecule is Fc1ccc(F)c(NC2CCCNCC2)c1. The Balaban J connectivity index is 2.04. The van der Waals surface area contributed by atoms with Gasteiger partial charge in [0.1, 0.15) is 11.6 Å². The predicted octanol–water partition coefficient (Wildman–Crippen LogP) is 2.52. The zero-order chi connectivity index (χ0) is 11.4. The molecule has 1 aromatic carbocycles. The molecule has 1 aliphatic heterocycles. The lowest BCUT2D eigenvalue weighted by Gasteiger charge is -2.17. The Kier molecular flexibility index (Phi) is 3.72. The molecule has 2 rings (SSSR count). The first-order chi connectivity index (χ1) is 7.75. The molecule has 0 saturated carbocycles. The Hall–Kier alpha value is -1.16. The highest BCUT2D eigenvalue weighted by molar-refractivity contribution is 5.45. The van der Waals surface area contributed by atoms with Gasteiger partial charge in [-0.1, -0.05) is 0 Å². The quantitative estimate of drug-likeness (QED) is 0.809. The van der Waals surface area contributed by atoms with Crippen molar-refractivity contribution in [2.75, 3.05) is 18.4 Å². The maximum atomic E-state index is 13.4. The summed E-state index contributed by atoms with van der Waals surface area (Å²) in [6.45, 7) is 1.93. The van der Waals surface area contributed by atoms with Gasteiger partial charge < -0.3 is 10.6 Å². The van der Waals surface area contributed by atoms with Gasteiger partial charge in [-0.15, -0.1) is 0 Å². The molecule has 16 heavy (non-hydrogen) atoms. The minimum Gasteiger partial charge on any atom is -0.380 e. The van der Waals surface area contributed by atoms with Gasteiger partial charge in [-0.05, 0) is 50.6 Å². The first-order valence-corrected chi connectivity index (χ1v) is 5.68. The largest absolute Gasteiger partial charge is 0.380 e. The Labute approximate surface area is 94.0 Å². The third-order valence-corrected chi connectivity index (χ3v) is 2.86. The van der Waals surface area contributed by atoms with Crippen LogP contribution in [0.25, 0.3) is 0 Å². The highest BCUT2D eigenvalue weighted by Gasteiger charge is 2.13. The van der Waals surface area contributed by atoms with Crippen LogP contribution in [0.1, 0.15) is 19.3 Å². The third-order valence-electron chi connectivity index (χ3n) is 2.86. The topological polar surface area (TPSA) is 24.1 Å². The van der Waals surface area contributed by atoms with Gasteiger partial charge in [0.15, 0.2) is 0 Å². The van der Waals surface area contributed by atoms with Crippen molar-refractivity contribution in [1.29, 1.82) is 0 Å². The van der Waals surface area contributed by atoms with E-state index in [1.54, 1.807) is 0 Å². The number of rotatable bonds is 2. The second-order valence-electron chi connectivity index (χ2n) is 4.15. The van der Waals surface area contributed by atoms with E-state index in [-0.39, 0.29) is 11.7 Å². The van der Waals surface area contributed by atoms with Crippen molar-refractivity contribution in [3.63, 3.8) is 0 Å². The summed E-state index contributed by atoms with van der Waals surface area (Å²) < 4.78 is 26.3. The maximum absolute atomic E-state index is 13.4. The zero-order valence-electron chi connectivity index (χ0n) is 9.10. The summed E-state index contributed by atoms with van der Waals surface area (Å²) in [4.78, 5) is 0. The van der Waals surface area contributed by atoms with Crippen LogP contribution >= 0.6 is 0 Å². The number of hydrogen-bond acceptors (Lipinski definition) is 2. The average Bonchev–Trinajstić information content (AvgIpc) is 2.52. The molecule has 1 aromatic rings. The van der Waals surface area contributed by atoms with E-state index >= 15 is 0 Å². The smallest absolute Gasteiger partial charge is 0.146 e. The van der Waals surface area contributed by atoms with Crippen LogP contribution in [0.15, 0.2) is 18.2 Å². The fraction of sp³-hybridized carbons (Fsp3) is 0.500. The van der Waals surface area contributed by atoms with Gasteiger partial charge >= 0.3 is 0 Å². The van der Waals surface area contributed by atoms with Crippen LogP contribution in [0, 0.1) is 11.6 Å². The Morgan fingerprint density at radius 3 is 2.94 bits per heavy atom. The molecule has 1 unspecified atom stereocenters. The van der Waals surface area contributed by atoms with Gasteiger partial charge in [0.05, 0.1) is 5.69 Å². The molecule has 1 fully saturated rings. The van der Waals surface area contributed by atoms with E-state index in [0.717, 1.165) is 44.5 Å². The lowest BCUT2D eigenvalue weighted by molar-refractivity contribution is 0.589. The summed E-state index contributed by atoms with van der Waals surface area (Å²) in [5, 5.41) is 6.36. The standard InChI is InChI=1S/C12H16F2N2/c13-9-3-4-11(14)12(8-9)16-10-2-1-6-15-7-5-10/h3-4,8,10,15-16H,1-2,5-7H2. The first kappa shape index (κ1) is 11.3. The van der Waals surface area contributed by atoms with Crippen LogP contribution in [-0.4, -0.2) is 19.1 Å². The van der Waals surface area contributed by atoms with Crippen LogP contribution in [0.4, 0.5) is 14.5 Å². The van der Waals surface area contributed by atoms with E-state index in [9.17, 15) is 8.78 Å².